The third-order valence-corrected chi connectivity index (χ3v) is 4.01. The quantitative estimate of drug-likeness (QED) is 0.302. The second-order valence-corrected chi connectivity index (χ2v) is 11.2. The van der Waals surface area contributed by atoms with Crippen LogP contribution in [0, 0.1) is 20.8 Å². The summed E-state index contributed by atoms with van der Waals surface area (Å²) in [4.78, 5) is 22.3. The zero-order chi connectivity index (χ0) is 20.8. The number of hydrogen-bond donors (Lipinski definition) is 2. The van der Waals surface area contributed by atoms with Crippen LogP contribution in [0.5, 0.6) is 11.5 Å². The number of carbonyl (C=O) groups is 2. The summed E-state index contributed by atoms with van der Waals surface area (Å²) in [5.41, 5.74) is 3.90. The van der Waals surface area contributed by atoms with Crippen LogP contribution >= 0.6 is 30.3 Å². The van der Waals surface area contributed by atoms with E-state index in [2.05, 4.69) is 0 Å². The van der Waals surface area contributed by atoms with Crippen LogP contribution in [-0.4, -0.2) is 21.8 Å². The van der Waals surface area contributed by atoms with Gasteiger partial charge in [-0.25, -0.2) is 0 Å². The van der Waals surface area contributed by atoms with Crippen molar-refractivity contribution in [3.8, 4) is 11.5 Å². The van der Waals surface area contributed by atoms with E-state index in [9.17, 15) is 19.8 Å². The normalized spacial score (nSPS) is 14.0. The fourth-order valence-corrected chi connectivity index (χ4v) is 2.07. The van der Waals surface area contributed by atoms with E-state index in [0.29, 0.717) is 22.3 Å². The number of halogens is 3. The third kappa shape index (κ3) is 7.34. The Hall–Kier alpha value is -0.971. The predicted molar refractivity (Wildman–Crippen MR) is 104 cm³/mol. The number of aryl methyl sites for hydroxylation is 1. The molecule has 0 unspecified atom stereocenters. The Morgan fingerprint density at radius 2 is 1.31 bits per heavy atom. The van der Waals surface area contributed by atoms with E-state index < -0.39 is 11.2 Å². The van der Waals surface area contributed by atoms with Crippen LogP contribution in [0.15, 0.2) is 28.9 Å². The molecule has 8 heteroatoms. The van der Waals surface area contributed by atoms with Crippen molar-refractivity contribution in [2.24, 2.45) is 0 Å². The first-order valence-corrected chi connectivity index (χ1v) is 12.0. The first-order valence-electron chi connectivity index (χ1n) is 7.41. The van der Waals surface area contributed by atoms with Gasteiger partial charge in [0, 0.05) is 16.7 Å². The molecule has 0 saturated heterocycles. The molecule has 0 bridgehead atoms. The molecule has 0 amide bonds. The monoisotopic (exact) mass is 463 g/mol. The Kier molecular flexibility index (Phi) is 10.6. The molecule has 2 rings (SSSR count). The number of carbonyl (C=O) groups excluding carboxylic acids is 2. The van der Waals surface area contributed by atoms with E-state index in [-0.39, 0.29) is 23.1 Å². The van der Waals surface area contributed by atoms with Gasteiger partial charge in [-0.05, 0) is 70.4 Å². The zero-order valence-electron chi connectivity index (χ0n) is 15.4. The molecule has 1 aliphatic carbocycles. The number of hydrogen-bond acceptors (Lipinski definition) is 4. The van der Waals surface area contributed by atoms with E-state index in [1.807, 2.05) is 0 Å². The molecule has 0 aliphatic heterocycles. The van der Waals surface area contributed by atoms with Crippen molar-refractivity contribution >= 4 is 41.9 Å². The molecular formula is C18H22Cl3FeO4. The molecule has 1 aromatic carbocycles. The standard InChI is InChI=1S/C9H12O2.C9H10O2.3ClH.Fe/c2*1-5-4-8(10)6(2)7(3)9(5)11;;;;/h4,10-11H,1-3H3;4H,1-3H3;3*1H;/q;;;;;+3/p-3. The number of Topliss-reactive ketones (excluding diaryl/α,β-unsaturated/α-hetero) is 1. The first kappa shape index (κ1) is 25.0. The number of allylic oxidation sites excluding steroid dienone is 4. The molecule has 147 valence electrons. The second kappa shape index (κ2) is 11.0. The fraction of sp³-hybridized carbons (Fsp3) is 0.333. The van der Waals surface area contributed by atoms with Crippen molar-refractivity contribution in [3.63, 3.8) is 0 Å². The van der Waals surface area contributed by atoms with E-state index in [1.165, 1.54) is 6.08 Å². The number of phenolic OH excluding ortho intramolecular Hbond substituents is 2. The van der Waals surface area contributed by atoms with Gasteiger partial charge >= 0.3 is 41.5 Å². The predicted octanol–water partition coefficient (Wildman–Crippen LogP) is 5.51. The van der Waals surface area contributed by atoms with Gasteiger partial charge in [0.25, 0.3) is 0 Å². The van der Waals surface area contributed by atoms with E-state index in [4.69, 9.17) is 30.3 Å². The van der Waals surface area contributed by atoms with Gasteiger partial charge in [-0.3, -0.25) is 9.59 Å². The molecule has 1 aromatic rings. The van der Waals surface area contributed by atoms with Gasteiger partial charge in [0.05, 0.1) is 0 Å². The van der Waals surface area contributed by atoms with Crippen LogP contribution in [0.2, 0.25) is 0 Å². The molecule has 0 atom stereocenters. The number of phenols is 2. The van der Waals surface area contributed by atoms with Crippen molar-refractivity contribution < 1.29 is 31.0 Å². The Morgan fingerprint density at radius 3 is 1.77 bits per heavy atom. The summed E-state index contributed by atoms with van der Waals surface area (Å²) in [6.07, 6.45) is 1.39. The van der Waals surface area contributed by atoms with Gasteiger partial charge in [-0.15, -0.1) is 0 Å². The van der Waals surface area contributed by atoms with Crippen LogP contribution in [0.3, 0.4) is 0 Å². The fourth-order valence-electron chi connectivity index (χ4n) is 2.07. The summed E-state index contributed by atoms with van der Waals surface area (Å²) < 4.78 is 0. The molecule has 0 spiro atoms. The summed E-state index contributed by atoms with van der Waals surface area (Å²) in [6.45, 7) is 10.4. The summed E-state index contributed by atoms with van der Waals surface area (Å²) in [5.74, 6) is 0.472. The van der Waals surface area contributed by atoms with Crippen LogP contribution < -0.4 is 0 Å². The summed E-state index contributed by atoms with van der Waals surface area (Å²) >= 11 is -1.33. The van der Waals surface area contributed by atoms with Crippen LogP contribution in [0.25, 0.3) is 0 Å². The molecule has 4 nitrogen and oxygen atoms in total. The topological polar surface area (TPSA) is 74.6 Å². The Balaban J connectivity index is 0.000000401. The maximum absolute atomic E-state index is 11.2. The number of benzene rings is 1. The van der Waals surface area contributed by atoms with Crippen molar-refractivity contribution in [1.82, 2.24) is 0 Å². The molecule has 2 N–H and O–H groups in total. The van der Waals surface area contributed by atoms with Crippen LogP contribution in [-0.2, 0) is 20.8 Å². The molecule has 0 heterocycles. The van der Waals surface area contributed by atoms with Crippen molar-refractivity contribution in [1.29, 1.82) is 0 Å². The van der Waals surface area contributed by atoms with Gasteiger partial charge in [-0.1, -0.05) is 0 Å². The van der Waals surface area contributed by atoms with Gasteiger partial charge in [-0.2, -0.15) is 0 Å². The Morgan fingerprint density at radius 1 is 0.846 bits per heavy atom. The average Bonchev–Trinajstić information content (AvgIpc) is 2.54. The van der Waals surface area contributed by atoms with Crippen LogP contribution in [0.1, 0.15) is 37.5 Å². The van der Waals surface area contributed by atoms with E-state index >= 15 is 0 Å². The Bertz CT molecular complexity index is 739. The molecule has 0 saturated carbocycles. The number of ketones is 2. The minimum atomic E-state index is -1.33. The van der Waals surface area contributed by atoms with Gasteiger partial charge in [0.1, 0.15) is 11.5 Å². The van der Waals surface area contributed by atoms with Crippen molar-refractivity contribution in [3.05, 3.63) is 45.6 Å². The van der Waals surface area contributed by atoms with Crippen molar-refractivity contribution in [2.45, 2.75) is 41.5 Å². The molecule has 0 aromatic heterocycles. The van der Waals surface area contributed by atoms with Crippen LogP contribution in [0.4, 0.5) is 0 Å². The third-order valence-electron chi connectivity index (χ3n) is 4.01. The molecular weight excluding hydrogens is 442 g/mol. The van der Waals surface area contributed by atoms with Gasteiger partial charge < -0.3 is 10.2 Å². The minimum absolute atomic E-state index is 0.0119. The molecule has 0 radical (unpaired) electrons. The zero-order valence-corrected chi connectivity index (χ0v) is 18.7. The maximum atomic E-state index is 11.2. The second-order valence-electron chi connectivity index (χ2n) is 5.73. The molecule has 1 aliphatic rings. The Labute approximate surface area is 171 Å². The van der Waals surface area contributed by atoms with Gasteiger partial charge in [0.2, 0.25) is 0 Å². The summed E-state index contributed by atoms with van der Waals surface area (Å²) in [7, 11) is 14.7. The number of rotatable bonds is 0. The van der Waals surface area contributed by atoms with Crippen molar-refractivity contribution in [2.75, 3.05) is 0 Å². The summed E-state index contributed by atoms with van der Waals surface area (Å²) in [6, 6.07) is 1.57. The van der Waals surface area contributed by atoms with E-state index in [1.54, 1.807) is 47.6 Å². The number of aromatic hydroxyl groups is 2. The molecule has 26 heavy (non-hydrogen) atoms. The summed E-state index contributed by atoms with van der Waals surface area (Å²) in [5, 5.41) is 18.7. The average molecular weight is 465 g/mol. The van der Waals surface area contributed by atoms with E-state index in [0.717, 1.165) is 11.1 Å². The molecule has 0 fully saturated rings. The first-order chi connectivity index (χ1) is 11.8. The van der Waals surface area contributed by atoms with Gasteiger partial charge in [0.15, 0.2) is 11.6 Å². The SMILES string of the molecule is CC1=CC(=O)C(C)=C(C)C1=O.Cc1cc(O)c(C)c(C)c1O.[Cl][Fe]([Cl])[Cl].